The fraction of sp³-hybridized carbons (Fsp3) is 0.526. The number of hydrogen-bond acceptors (Lipinski definition) is 2. The zero-order valence-corrected chi connectivity index (χ0v) is 15.7. The molecule has 0 spiro atoms. The van der Waals surface area contributed by atoms with Crippen LogP contribution < -0.4 is 10.6 Å². The molecule has 0 bridgehead atoms. The van der Waals surface area contributed by atoms with E-state index < -0.39 is 0 Å². The highest BCUT2D eigenvalue weighted by atomic mass is 79.9. The lowest BCUT2D eigenvalue weighted by atomic mass is 9.90. The molecule has 2 N–H and O–H groups in total. The molecule has 1 aromatic rings. The Morgan fingerprint density at radius 1 is 1.39 bits per heavy atom. The first-order valence-corrected chi connectivity index (χ1v) is 9.24. The van der Waals surface area contributed by atoms with Gasteiger partial charge in [0.25, 0.3) is 0 Å². The van der Waals surface area contributed by atoms with Crippen LogP contribution in [0.5, 0.6) is 0 Å². The summed E-state index contributed by atoms with van der Waals surface area (Å²) in [7, 11) is 0. The Kier molecular flexibility index (Phi) is 7.31. The second kappa shape index (κ2) is 9.24. The van der Waals surface area contributed by atoms with Crippen LogP contribution in [0.4, 0.5) is 0 Å². The Labute approximate surface area is 148 Å². The fourth-order valence-corrected chi connectivity index (χ4v) is 3.42. The molecule has 0 radical (unpaired) electrons. The van der Waals surface area contributed by atoms with E-state index in [9.17, 15) is 4.79 Å². The summed E-state index contributed by atoms with van der Waals surface area (Å²) in [5, 5.41) is 6.44. The first-order valence-electron chi connectivity index (χ1n) is 8.45. The van der Waals surface area contributed by atoms with Gasteiger partial charge in [-0.1, -0.05) is 53.6 Å². The van der Waals surface area contributed by atoms with E-state index in [0.29, 0.717) is 12.5 Å². The summed E-state index contributed by atoms with van der Waals surface area (Å²) in [4.78, 5) is 12.6. The van der Waals surface area contributed by atoms with Gasteiger partial charge < -0.3 is 10.6 Å². The molecule has 0 saturated carbocycles. The minimum atomic E-state index is 0.0339. The molecule has 1 amide bonds. The highest BCUT2D eigenvalue weighted by Gasteiger charge is 2.20. The number of nitrogens with one attached hydrogen (secondary N) is 2. The van der Waals surface area contributed by atoms with Crippen LogP contribution >= 0.6 is 15.9 Å². The number of amides is 1. The lowest BCUT2D eigenvalue weighted by Gasteiger charge is -2.20. The van der Waals surface area contributed by atoms with Gasteiger partial charge in [-0.3, -0.25) is 4.79 Å². The van der Waals surface area contributed by atoms with Crippen LogP contribution in [0.25, 0.3) is 0 Å². The third-order valence-corrected chi connectivity index (χ3v) is 4.64. The molecule has 0 aromatic heterocycles. The fourth-order valence-electron chi connectivity index (χ4n) is 2.98. The molecule has 0 saturated heterocycles. The molecule has 2 rings (SSSR count). The van der Waals surface area contributed by atoms with Gasteiger partial charge in [0.1, 0.15) is 0 Å². The second-order valence-electron chi connectivity index (χ2n) is 6.69. The summed E-state index contributed by atoms with van der Waals surface area (Å²) in [6, 6.07) is 8.25. The SMILES string of the molecule is CC(C)CC(Cc1cccc(Br)c1)C(=O)NCC1=CCNCC1. The van der Waals surface area contributed by atoms with Crippen LogP contribution in [0.2, 0.25) is 0 Å². The Bertz CT molecular complexity index is 554. The lowest BCUT2D eigenvalue weighted by molar-refractivity contribution is -0.125. The van der Waals surface area contributed by atoms with Crippen LogP contribution in [0, 0.1) is 11.8 Å². The van der Waals surface area contributed by atoms with Crippen molar-refractivity contribution in [1.82, 2.24) is 10.6 Å². The van der Waals surface area contributed by atoms with Crippen molar-refractivity contribution in [2.75, 3.05) is 19.6 Å². The molecule has 0 fully saturated rings. The molecular weight excluding hydrogens is 352 g/mol. The minimum absolute atomic E-state index is 0.0339. The number of hydrogen-bond donors (Lipinski definition) is 2. The third-order valence-electron chi connectivity index (χ3n) is 4.15. The molecule has 3 nitrogen and oxygen atoms in total. The predicted octanol–water partition coefficient (Wildman–Crippen LogP) is 3.69. The van der Waals surface area contributed by atoms with Crippen LogP contribution in [0.1, 0.15) is 32.3 Å². The van der Waals surface area contributed by atoms with Crippen LogP contribution in [-0.2, 0) is 11.2 Å². The van der Waals surface area contributed by atoms with Crippen molar-refractivity contribution in [3.63, 3.8) is 0 Å². The Balaban J connectivity index is 1.96. The molecule has 1 aliphatic heterocycles. The van der Waals surface area contributed by atoms with E-state index >= 15 is 0 Å². The normalized spacial score (nSPS) is 16.1. The number of carbonyl (C=O) groups excluding carboxylic acids is 1. The number of halogens is 1. The molecule has 1 heterocycles. The summed E-state index contributed by atoms with van der Waals surface area (Å²) < 4.78 is 1.07. The van der Waals surface area contributed by atoms with E-state index in [0.717, 1.165) is 36.8 Å². The minimum Gasteiger partial charge on any atom is -0.352 e. The Hall–Kier alpha value is -1.13. The van der Waals surface area contributed by atoms with E-state index in [1.807, 2.05) is 12.1 Å². The van der Waals surface area contributed by atoms with E-state index in [-0.39, 0.29) is 11.8 Å². The zero-order valence-electron chi connectivity index (χ0n) is 14.1. The van der Waals surface area contributed by atoms with Crippen LogP contribution in [0.15, 0.2) is 40.4 Å². The van der Waals surface area contributed by atoms with Crippen molar-refractivity contribution >= 4 is 21.8 Å². The van der Waals surface area contributed by atoms with Crippen LogP contribution in [0.3, 0.4) is 0 Å². The topological polar surface area (TPSA) is 41.1 Å². The van der Waals surface area contributed by atoms with Crippen molar-refractivity contribution in [2.45, 2.75) is 33.1 Å². The third kappa shape index (κ3) is 6.48. The molecule has 0 aliphatic carbocycles. The largest absolute Gasteiger partial charge is 0.352 e. The second-order valence-corrected chi connectivity index (χ2v) is 7.61. The highest BCUT2D eigenvalue weighted by Crippen LogP contribution is 2.20. The maximum Gasteiger partial charge on any atom is 0.223 e. The smallest absolute Gasteiger partial charge is 0.223 e. The van der Waals surface area contributed by atoms with Gasteiger partial charge in [0.05, 0.1) is 0 Å². The first kappa shape index (κ1) is 18.2. The molecule has 1 unspecified atom stereocenters. The molecular formula is C19H27BrN2O. The average molecular weight is 379 g/mol. The zero-order chi connectivity index (χ0) is 16.7. The lowest BCUT2D eigenvalue weighted by Crippen LogP contribution is -2.35. The van der Waals surface area contributed by atoms with E-state index in [1.54, 1.807) is 0 Å². The van der Waals surface area contributed by atoms with Crippen molar-refractivity contribution in [3.05, 3.63) is 46.0 Å². The Morgan fingerprint density at radius 3 is 2.87 bits per heavy atom. The first-order chi connectivity index (χ1) is 11.0. The maximum atomic E-state index is 12.6. The molecule has 4 heteroatoms. The molecule has 1 aromatic carbocycles. The predicted molar refractivity (Wildman–Crippen MR) is 99.4 cm³/mol. The summed E-state index contributed by atoms with van der Waals surface area (Å²) in [5.41, 5.74) is 2.55. The van der Waals surface area contributed by atoms with E-state index in [2.05, 4.69) is 58.6 Å². The van der Waals surface area contributed by atoms with Gasteiger partial charge in [0.2, 0.25) is 5.91 Å². The summed E-state index contributed by atoms with van der Waals surface area (Å²) >= 11 is 3.51. The van der Waals surface area contributed by atoms with Crippen molar-refractivity contribution in [2.24, 2.45) is 11.8 Å². The number of benzene rings is 1. The molecule has 126 valence electrons. The average Bonchev–Trinajstić information content (AvgIpc) is 2.52. The van der Waals surface area contributed by atoms with Gasteiger partial charge in [0.15, 0.2) is 0 Å². The van der Waals surface area contributed by atoms with E-state index in [1.165, 1.54) is 11.1 Å². The number of rotatable bonds is 7. The van der Waals surface area contributed by atoms with Gasteiger partial charge in [-0.15, -0.1) is 0 Å². The van der Waals surface area contributed by atoms with Crippen molar-refractivity contribution < 1.29 is 4.79 Å². The summed E-state index contributed by atoms with van der Waals surface area (Å²) in [6.45, 7) is 6.97. The Morgan fingerprint density at radius 2 is 2.22 bits per heavy atom. The van der Waals surface area contributed by atoms with Crippen molar-refractivity contribution in [3.8, 4) is 0 Å². The van der Waals surface area contributed by atoms with Gasteiger partial charge in [-0.2, -0.15) is 0 Å². The van der Waals surface area contributed by atoms with Crippen molar-refractivity contribution in [1.29, 1.82) is 0 Å². The van der Waals surface area contributed by atoms with Gasteiger partial charge in [0, 0.05) is 23.5 Å². The van der Waals surface area contributed by atoms with Gasteiger partial charge >= 0.3 is 0 Å². The quantitative estimate of drug-likeness (QED) is 0.710. The van der Waals surface area contributed by atoms with Gasteiger partial charge in [-0.05, 0) is 49.4 Å². The maximum absolute atomic E-state index is 12.6. The summed E-state index contributed by atoms with van der Waals surface area (Å²) in [5.74, 6) is 0.723. The van der Waals surface area contributed by atoms with Gasteiger partial charge in [-0.25, -0.2) is 0 Å². The van der Waals surface area contributed by atoms with Crippen LogP contribution in [-0.4, -0.2) is 25.5 Å². The number of carbonyl (C=O) groups is 1. The summed E-state index contributed by atoms with van der Waals surface area (Å²) in [6.07, 6.45) is 4.93. The molecule has 1 atom stereocenters. The standard InChI is InChI=1S/C19H27BrN2O/c1-14(2)10-17(11-16-4-3-5-18(20)12-16)19(23)22-13-15-6-8-21-9-7-15/h3-6,12,14,17,21H,7-11,13H2,1-2H3,(H,22,23). The highest BCUT2D eigenvalue weighted by molar-refractivity contribution is 9.10. The molecule has 23 heavy (non-hydrogen) atoms. The molecule has 1 aliphatic rings. The monoisotopic (exact) mass is 378 g/mol. The van der Waals surface area contributed by atoms with E-state index in [4.69, 9.17) is 0 Å².